The molecule has 0 amide bonds. The first kappa shape index (κ1) is 9.39. The first-order chi connectivity index (χ1) is 29.0. The van der Waals surface area contributed by atoms with Crippen molar-refractivity contribution in [3.63, 3.8) is 0 Å². The Balaban J connectivity index is 1.61. The van der Waals surface area contributed by atoms with Crippen LogP contribution in [-0.4, -0.2) is 0 Å². The molecule has 0 unspecified atom stereocenters. The number of rotatable bonds is 2. The molecule has 9 rings (SSSR count). The van der Waals surface area contributed by atoms with E-state index in [1.54, 1.807) is 0 Å². The van der Waals surface area contributed by atoms with Crippen molar-refractivity contribution in [3.8, 4) is 22.3 Å². The van der Waals surface area contributed by atoms with E-state index in [0.29, 0.717) is 0 Å². The summed E-state index contributed by atoms with van der Waals surface area (Å²) < 4.78 is 206. The first-order valence-corrected chi connectivity index (χ1v) is 11.8. The van der Waals surface area contributed by atoms with Gasteiger partial charge < -0.3 is 8.83 Å². The fraction of sp³-hybridized carbons (Fsp3) is 0. The van der Waals surface area contributed by atoms with Gasteiger partial charge in [0, 0.05) is 16.2 Å². The molecule has 0 aliphatic rings. The minimum absolute atomic E-state index is 0.215. The van der Waals surface area contributed by atoms with Crippen LogP contribution in [0.2, 0.25) is 0 Å². The van der Waals surface area contributed by atoms with Crippen LogP contribution in [0.25, 0.3) is 87.7 Å². The van der Waals surface area contributed by atoms with Crippen LogP contribution in [-0.2, 0) is 0 Å². The summed E-state index contributed by atoms with van der Waals surface area (Å²) in [6, 6.07) is -17.8. The normalized spacial score (nSPS) is 19.7. The van der Waals surface area contributed by atoms with Crippen molar-refractivity contribution in [2.24, 2.45) is 0 Å². The standard InChI is InChI=1S/C38H22O2/c1-2-10-23(11-3-1)35-25-12-4-6-14-27(25)36(28-15-7-5-13-26(28)35)24-18-20-33-31(22-24)29-19-21-34-37(38(29)40-33)30-16-8-9-17-32(30)39-34/h1-22H/i1D,2D,3D,4D,5D,6D,7D,8D,9D,10D,11D,12D,13D,14D,15D,16D,17D,18D,19D,20D,21D,22D. The van der Waals surface area contributed by atoms with Crippen LogP contribution in [0, 0.1) is 0 Å². The van der Waals surface area contributed by atoms with E-state index >= 15 is 0 Å². The van der Waals surface area contributed by atoms with Crippen LogP contribution in [0.1, 0.15) is 30.2 Å². The number of benzene rings is 7. The highest BCUT2D eigenvalue weighted by atomic mass is 16.3. The molecule has 9 aromatic rings. The highest BCUT2D eigenvalue weighted by Gasteiger charge is 2.19. The fourth-order valence-corrected chi connectivity index (χ4v) is 5.08. The Morgan fingerprint density at radius 3 is 1.62 bits per heavy atom. The summed E-state index contributed by atoms with van der Waals surface area (Å²) in [7, 11) is 0. The van der Waals surface area contributed by atoms with Crippen LogP contribution in [0.4, 0.5) is 0 Å². The molecule has 7 aromatic carbocycles. The Morgan fingerprint density at radius 2 is 0.925 bits per heavy atom. The molecule has 0 aliphatic heterocycles. The SMILES string of the molecule is [2H]c1c([2H])c([2H])c(-c2c3c([2H])c([2H])c([2H])c([2H])c3c(-c3c([2H])c([2H])c4oc5c(c([2H])c([2H])c6oc7c([2H])c([2H])c([2H])c([2H])c7c65)c4c3[2H])c3c([2H])c([2H])c([2H])c([2H])c23)c([2H])c1[2H]. The highest BCUT2D eigenvalue weighted by Crippen LogP contribution is 2.45. The topological polar surface area (TPSA) is 26.3 Å². The zero-order valence-corrected chi connectivity index (χ0v) is 19.8. The summed E-state index contributed by atoms with van der Waals surface area (Å²) in [6.45, 7) is 0. The zero-order chi connectivity index (χ0) is 45.4. The summed E-state index contributed by atoms with van der Waals surface area (Å²) in [4.78, 5) is 0. The molecule has 0 atom stereocenters. The summed E-state index contributed by atoms with van der Waals surface area (Å²) >= 11 is 0. The smallest absolute Gasteiger partial charge is 0.147 e. The average molecular weight is 533 g/mol. The van der Waals surface area contributed by atoms with E-state index in [2.05, 4.69) is 0 Å². The van der Waals surface area contributed by atoms with Crippen molar-refractivity contribution in [2.75, 3.05) is 0 Å². The molecule has 2 heteroatoms. The van der Waals surface area contributed by atoms with Gasteiger partial charge in [-0.05, 0) is 74.0 Å². The Bertz CT molecular complexity index is 3550. The molecular formula is C38H22O2. The minimum atomic E-state index is -0.902. The molecule has 0 saturated heterocycles. The molecule has 2 heterocycles. The zero-order valence-electron chi connectivity index (χ0n) is 41.8. The van der Waals surface area contributed by atoms with Gasteiger partial charge in [0.1, 0.15) is 22.3 Å². The molecule has 186 valence electrons. The van der Waals surface area contributed by atoms with Gasteiger partial charge in [0.05, 0.1) is 35.5 Å². The summed E-state index contributed by atoms with van der Waals surface area (Å²) in [5, 5.41) is -3.70. The van der Waals surface area contributed by atoms with Gasteiger partial charge in [-0.2, -0.15) is 0 Å². The lowest BCUT2D eigenvalue weighted by Gasteiger charge is -2.17. The van der Waals surface area contributed by atoms with E-state index in [1.165, 1.54) is 0 Å². The maximum atomic E-state index is 9.74. The third kappa shape index (κ3) is 2.93. The first-order valence-electron chi connectivity index (χ1n) is 22.8. The van der Waals surface area contributed by atoms with Gasteiger partial charge in [0.25, 0.3) is 0 Å². The predicted molar refractivity (Wildman–Crippen MR) is 167 cm³/mol. The van der Waals surface area contributed by atoms with Crippen LogP contribution in [0.3, 0.4) is 0 Å². The van der Waals surface area contributed by atoms with Gasteiger partial charge in [-0.1, -0.05) is 103 Å². The van der Waals surface area contributed by atoms with Gasteiger partial charge in [0.15, 0.2) is 0 Å². The second-order valence-corrected chi connectivity index (χ2v) is 8.77. The van der Waals surface area contributed by atoms with Gasteiger partial charge in [-0.3, -0.25) is 0 Å². The maximum absolute atomic E-state index is 9.74. The number of para-hydroxylation sites is 1. The highest BCUT2D eigenvalue weighted by molar-refractivity contribution is 6.24. The van der Waals surface area contributed by atoms with Crippen LogP contribution in [0.5, 0.6) is 0 Å². The summed E-state index contributed by atoms with van der Waals surface area (Å²) in [5.41, 5.74) is -4.22. The Kier molecular flexibility index (Phi) is 1.90. The molecule has 40 heavy (non-hydrogen) atoms. The lowest BCUT2D eigenvalue weighted by atomic mass is 9.86. The van der Waals surface area contributed by atoms with Crippen molar-refractivity contribution in [1.82, 2.24) is 0 Å². The average Bonchev–Trinajstić information content (AvgIpc) is 3.85. The molecule has 2 aromatic heterocycles. The predicted octanol–water partition coefficient (Wildman–Crippen LogP) is 11.1. The molecule has 0 radical (unpaired) electrons. The van der Waals surface area contributed by atoms with Crippen molar-refractivity contribution >= 4 is 65.4 Å². The van der Waals surface area contributed by atoms with Crippen LogP contribution in [0.15, 0.2) is 142 Å². The Hall–Kier alpha value is -5.34. The summed E-state index contributed by atoms with van der Waals surface area (Å²) in [5.74, 6) is 0. The van der Waals surface area contributed by atoms with Crippen LogP contribution < -0.4 is 0 Å². The van der Waals surface area contributed by atoms with E-state index < -0.39 is 188 Å². The number of hydrogen-bond donors (Lipinski definition) is 0. The lowest BCUT2D eigenvalue weighted by Crippen LogP contribution is -1.90. The number of fused-ring (bicyclic) bond motifs is 9. The minimum Gasteiger partial charge on any atom is -0.456 e. The molecule has 0 saturated carbocycles. The van der Waals surface area contributed by atoms with Gasteiger partial charge in [0.2, 0.25) is 0 Å². The molecular weight excluding hydrogens is 488 g/mol. The molecule has 0 aliphatic carbocycles. The fourth-order valence-electron chi connectivity index (χ4n) is 5.08. The molecule has 2 nitrogen and oxygen atoms in total. The molecule has 0 N–H and O–H groups in total. The van der Waals surface area contributed by atoms with Crippen molar-refractivity contribution < 1.29 is 39.0 Å². The second-order valence-electron chi connectivity index (χ2n) is 8.77. The van der Waals surface area contributed by atoms with Gasteiger partial charge in [-0.25, -0.2) is 0 Å². The monoisotopic (exact) mass is 532 g/mol. The third-order valence-corrected chi connectivity index (χ3v) is 6.70. The van der Waals surface area contributed by atoms with Gasteiger partial charge in [-0.15, -0.1) is 0 Å². The summed E-state index contributed by atoms with van der Waals surface area (Å²) in [6.07, 6.45) is 0. The quantitative estimate of drug-likeness (QED) is 0.207. The third-order valence-electron chi connectivity index (χ3n) is 6.70. The van der Waals surface area contributed by atoms with E-state index in [4.69, 9.17) is 29.4 Å². The number of hydrogen-bond acceptors (Lipinski definition) is 2. The maximum Gasteiger partial charge on any atom is 0.147 e. The van der Waals surface area contributed by atoms with E-state index in [9.17, 15) is 9.60 Å². The van der Waals surface area contributed by atoms with E-state index in [-0.39, 0.29) is 32.9 Å². The largest absolute Gasteiger partial charge is 0.456 e. The Morgan fingerprint density at radius 1 is 0.375 bits per heavy atom. The lowest BCUT2D eigenvalue weighted by molar-refractivity contribution is 0.663. The molecule has 0 spiro atoms. The second kappa shape index (κ2) is 8.08. The Labute approximate surface area is 260 Å². The van der Waals surface area contributed by atoms with Crippen LogP contribution >= 0.6 is 0 Å². The van der Waals surface area contributed by atoms with Gasteiger partial charge >= 0.3 is 0 Å². The van der Waals surface area contributed by atoms with Crippen molar-refractivity contribution in [1.29, 1.82) is 0 Å². The van der Waals surface area contributed by atoms with E-state index in [0.717, 1.165) is 0 Å². The molecule has 0 bridgehead atoms. The van der Waals surface area contributed by atoms with Crippen molar-refractivity contribution in [2.45, 2.75) is 0 Å². The van der Waals surface area contributed by atoms with Crippen molar-refractivity contribution in [3.05, 3.63) is 133 Å². The number of furan rings is 2. The molecule has 0 fully saturated rings. The van der Waals surface area contributed by atoms with E-state index in [1.807, 2.05) is 0 Å².